The molecule has 1 aliphatic rings. The summed E-state index contributed by atoms with van der Waals surface area (Å²) in [6.45, 7) is -0.494. The summed E-state index contributed by atoms with van der Waals surface area (Å²) in [5, 5.41) is 38.0. The molecule has 1 aliphatic heterocycles. The van der Waals surface area contributed by atoms with Crippen LogP contribution in [-0.4, -0.2) is 57.7 Å². The van der Waals surface area contributed by atoms with Gasteiger partial charge < -0.3 is 35.6 Å². The van der Waals surface area contributed by atoms with E-state index >= 15 is 0 Å². The fraction of sp³-hybridized carbons (Fsp3) is 0.500. The Morgan fingerprint density at radius 1 is 1.05 bits per heavy atom. The zero-order chi connectivity index (χ0) is 14.0. The van der Waals surface area contributed by atoms with E-state index < -0.39 is 37.3 Å². The molecule has 6 N–H and O–H groups in total. The predicted molar refractivity (Wildman–Crippen MR) is 65.2 cm³/mol. The van der Waals surface area contributed by atoms with Crippen molar-refractivity contribution in [2.24, 2.45) is 0 Å². The normalized spacial score (nSPS) is 35.1. The van der Waals surface area contributed by atoms with E-state index in [2.05, 4.69) is 0 Å². The molecule has 7 nitrogen and oxygen atoms in total. The van der Waals surface area contributed by atoms with Crippen LogP contribution in [0.5, 0.6) is 5.75 Å². The van der Waals surface area contributed by atoms with Gasteiger partial charge in [0.2, 0.25) is 6.29 Å². The highest BCUT2D eigenvalue weighted by Gasteiger charge is 2.44. The maximum Gasteiger partial charge on any atom is 0.229 e. The van der Waals surface area contributed by atoms with Crippen LogP contribution in [0.4, 0.5) is 5.69 Å². The van der Waals surface area contributed by atoms with E-state index in [1.165, 1.54) is 0 Å². The number of hydrogen-bond donors (Lipinski definition) is 5. The SMILES string of the molecule is Nc1ccc(O[C@H]2O[C@H](CO)[C@@H](O)[C@H](O)[C@H]2O)cc1. The van der Waals surface area contributed by atoms with Gasteiger partial charge in [0, 0.05) is 5.69 Å². The summed E-state index contributed by atoms with van der Waals surface area (Å²) in [6, 6.07) is 6.38. The maximum absolute atomic E-state index is 9.77. The minimum atomic E-state index is -1.45. The van der Waals surface area contributed by atoms with E-state index in [1.54, 1.807) is 24.3 Å². The van der Waals surface area contributed by atoms with Crippen molar-refractivity contribution in [3.63, 3.8) is 0 Å². The first-order chi connectivity index (χ1) is 9.02. The minimum Gasteiger partial charge on any atom is -0.462 e. The molecule has 106 valence electrons. The number of hydrogen-bond acceptors (Lipinski definition) is 7. The Hall–Kier alpha value is -1.38. The van der Waals surface area contributed by atoms with Crippen molar-refractivity contribution in [1.82, 2.24) is 0 Å². The van der Waals surface area contributed by atoms with Gasteiger partial charge in [-0.2, -0.15) is 0 Å². The molecule has 19 heavy (non-hydrogen) atoms. The lowest BCUT2D eigenvalue weighted by Gasteiger charge is -2.39. The Kier molecular flexibility index (Phi) is 4.23. The number of ether oxygens (including phenoxy) is 2. The highest BCUT2D eigenvalue weighted by Crippen LogP contribution is 2.24. The summed E-state index contributed by atoms with van der Waals surface area (Å²) < 4.78 is 10.6. The second-order valence-corrected chi connectivity index (χ2v) is 4.38. The Morgan fingerprint density at radius 2 is 1.68 bits per heavy atom. The number of aliphatic hydroxyl groups is 4. The fourth-order valence-electron chi connectivity index (χ4n) is 1.85. The Labute approximate surface area is 109 Å². The number of nitrogens with two attached hydrogens (primary N) is 1. The maximum atomic E-state index is 9.77. The van der Waals surface area contributed by atoms with Crippen LogP contribution >= 0.6 is 0 Å². The number of anilines is 1. The second kappa shape index (κ2) is 5.72. The molecule has 0 radical (unpaired) electrons. The largest absolute Gasteiger partial charge is 0.462 e. The van der Waals surface area contributed by atoms with E-state index in [9.17, 15) is 15.3 Å². The first-order valence-electron chi connectivity index (χ1n) is 5.85. The molecule has 0 amide bonds. The molecule has 2 rings (SSSR count). The zero-order valence-electron chi connectivity index (χ0n) is 10.1. The molecule has 1 fully saturated rings. The van der Waals surface area contributed by atoms with Crippen LogP contribution in [0, 0.1) is 0 Å². The van der Waals surface area contributed by atoms with Crippen LogP contribution in [0.25, 0.3) is 0 Å². The van der Waals surface area contributed by atoms with Crippen molar-refractivity contribution >= 4 is 5.69 Å². The van der Waals surface area contributed by atoms with Crippen LogP contribution in [0.15, 0.2) is 24.3 Å². The van der Waals surface area contributed by atoms with E-state index in [1.807, 2.05) is 0 Å². The molecular weight excluding hydrogens is 254 g/mol. The van der Waals surface area contributed by atoms with Crippen molar-refractivity contribution in [2.75, 3.05) is 12.3 Å². The molecule has 0 bridgehead atoms. The van der Waals surface area contributed by atoms with Crippen LogP contribution in [0.3, 0.4) is 0 Å². The molecular formula is C12H17NO6. The standard InChI is InChI=1S/C12H17NO6/c13-6-1-3-7(4-2-6)18-12-11(17)10(16)9(15)8(5-14)19-12/h1-4,8-12,14-17H,5,13H2/t8-,9-,10+,11-,12+/m1/s1. The summed E-state index contributed by atoms with van der Waals surface area (Å²) in [5.41, 5.74) is 6.09. The molecule has 0 aromatic heterocycles. The van der Waals surface area contributed by atoms with Gasteiger partial charge in [-0.1, -0.05) is 0 Å². The lowest BCUT2D eigenvalue weighted by Crippen LogP contribution is -2.60. The number of aliphatic hydroxyl groups excluding tert-OH is 4. The molecule has 0 saturated carbocycles. The van der Waals surface area contributed by atoms with Gasteiger partial charge in [0.25, 0.3) is 0 Å². The minimum absolute atomic E-state index is 0.388. The number of rotatable bonds is 3. The van der Waals surface area contributed by atoms with Crippen molar-refractivity contribution in [2.45, 2.75) is 30.7 Å². The number of benzene rings is 1. The van der Waals surface area contributed by atoms with Gasteiger partial charge >= 0.3 is 0 Å². The summed E-state index contributed by atoms with van der Waals surface area (Å²) in [6.07, 6.45) is -6.44. The van der Waals surface area contributed by atoms with Gasteiger partial charge in [-0.15, -0.1) is 0 Å². The van der Waals surface area contributed by atoms with E-state index in [-0.39, 0.29) is 0 Å². The molecule has 1 aromatic carbocycles. The number of nitrogen functional groups attached to an aromatic ring is 1. The molecule has 5 atom stereocenters. The highest BCUT2D eigenvalue weighted by atomic mass is 16.7. The summed E-state index contributed by atoms with van der Waals surface area (Å²) in [4.78, 5) is 0. The van der Waals surface area contributed by atoms with Crippen molar-refractivity contribution in [1.29, 1.82) is 0 Å². The van der Waals surface area contributed by atoms with Gasteiger partial charge in [-0.3, -0.25) is 0 Å². The first kappa shape index (κ1) is 14.0. The third-order valence-electron chi connectivity index (χ3n) is 2.98. The topological polar surface area (TPSA) is 125 Å². The van der Waals surface area contributed by atoms with Crippen LogP contribution in [-0.2, 0) is 4.74 Å². The van der Waals surface area contributed by atoms with E-state index in [0.717, 1.165) is 0 Å². The third-order valence-corrected chi connectivity index (χ3v) is 2.98. The van der Waals surface area contributed by atoms with Gasteiger partial charge in [0.1, 0.15) is 30.2 Å². The molecule has 1 saturated heterocycles. The summed E-state index contributed by atoms with van der Waals surface area (Å²) in [5.74, 6) is 0.388. The Morgan fingerprint density at radius 3 is 2.26 bits per heavy atom. The van der Waals surface area contributed by atoms with Gasteiger partial charge in [-0.25, -0.2) is 0 Å². The smallest absolute Gasteiger partial charge is 0.229 e. The van der Waals surface area contributed by atoms with Crippen molar-refractivity contribution in [3.05, 3.63) is 24.3 Å². The second-order valence-electron chi connectivity index (χ2n) is 4.38. The van der Waals surface area contributed by atoms with Gasteiger partial charge in [0.05, 0.1) is 6.61 Å². The lowest BCUT2D eigenvalue weighted by molar-refractivity contribution is -0.277. The van der Waals surface area contributed by atoms with E-state index in [0.29, 0.717) is 11.4 Å². The average molecular weight is 271 g/mol. The molecule has 0 unspecified atom stereocenters. The monoisotopic (exact) mass is 271 g/mol. The van der Waals surface area contributed by atoms with Gasteiger partial charge in [-0.05, 0) is 24.3 Å². The van der Waals surface area contributed by atoms with Crippen molar-refractivity contribution < 1.29 is 29.9 Å². The Bertz CT molecular complexity index is 409. The lowest BCUT2D eigenvalue weighted by atomic mass is 9.99. The summed E-state index contributed by atoms with van der Waals surface area (Å²) in [7, 11) is 0. The molecule has 7 heteroatoms. The molecule has 0 spiro atoms. The summed E-state index contributed by atoms with van der Waals surface area (Å²) >= 11 is 0. The fourth-order valence-corrected chi connectivity index (χ4v) is 1.85. The van der Waals surface area contributed by atoms with Crippen LogP contribution in [0.1, 0.15) is 0 Å². The quantitative estimate of drug-likeness (QED) is 0.421. The highest BCUT2D eigenvalue weighted by molar-refractivity contribution is 5.41. The van der Waals surface area contributed by atoms with E-state index in [4.69, 9.17) is 20.3 Å². The first-order valence-corrected chi connectivity index (χ1v) is 5.85. The third kappa shape index (κ3) is 2.96. The predicted octanol–water partition coefficient (Wildman–Crippen LogP) is -1.55. The van der Waals surface area contributed by atoms with Gasteiger partial charge in [0.15, 0.2) is 0 Å². The van der Waals surface area contributed by atoms with Crippen LogP contribution < -0.4 is 10.5 Å². The zero-order valence-corrected chi connectivity index (χ0v) is 10.1. The molecule has 1 aromatic rings. The Balaban J connectivity index is 2.08. The average Bonchev–Trinajstić information content (AvgIpc) is 2.42. The van der Waals surface area contributed by atoms with Crippen molar-refractivity contribution in [3.8, 4) is 5.75 Å². The molecule has 0 aliphatic carbocycles. The molecule has 1 heterocycles. The van der Waals surface area contributed by atoms with Crippen LogP contribution in [0.2, 0.25) is 0 Å².